The average molecular weight is 347 g/mol. The highest BCUT2D eigenvalue weighted by atomic mass is 16.1. The van der Waals surface area contributed by atoms with Gasteiger partial charge in [-0.1, -0.05) is 30.3 Å². The van der Waals surface area contributed by atoms with Crippen molar-refractivity contribution in [1.82, 2.24) is 9.97 Å². The third-order valence-electron chi connectivity index (χ3n) is 4.03. The maximum atomic E-state index is 11.6. The lowest BCUT2D eigenvalue weighted by molar-refractivity contribution is 0.101. The number of nitrogens with one attached hydrogen (secondary N) is 1. The number of carbonyl (C=O) groups is 1. The molecule has 1 aromatic heterocycles. The molecule has 3 rings (SSSR count). The van der Waals surface area contributed by atoms with Gasteiger partial charge in [0.2, 0.25) is 0 Å². The number of aromatic nitrogens is 2. The maximum Gasteiger partial charge on any atom is 0.161 e. The molecule has 26 heavy (non-hydrogen) atoms. The fourth-order valence-corrected chi connectivity index (χ4v) is 2.72. The van der Waals surface area contributed by atoms with E-state index >= 15 is 0 Å². The van der Waals surface area contributed by atoms with Gasteiger partial charge in [0, 0.05) is 23.5 Å². The van der Waals surface area contributed by atoms with Gasteiger partial charge >= 0.3 is 0 Å². The van der Waals surface area contributed by atoms with Crippen molar-refractivity contribution in [1.29, 1.82) is 0 Å². The van der Waals surface area contributed by atoms with Gasteiger partial charge in [-0.15, -0.1) is 0 Å². The summed E-state index contributed by atoms with van der Waals surface area (Å²) >= 11 is 0. The van der Waals surface area contributed by atoms with Crippen molar-refractivity contribution in [2.45, 2.75) is 13.8 Å². The normalized spacial score (nSPS) is 10.4. The fraction of sp³-hybridized carbons (Fsp3) is 0.150. The molecular formula is C20H21N5O. The zero-order valence-electron chi connectivity index (χ0n) is 14.8. The van der Waals surface area contributed by atoms with Crippen molar-refractivity contribution in [2.75, 3.05) is 22.5 Å². The molecule has 2 aromatic carbocycles. The summed E-state index contributed by atoms with van der Waals surface area (Å²) < 4.78 is 0. The highest BCUT2D eigenvalue weighted by Gasteiger charge is 2.15. The zero-order valence-corrected chi connectivity index (χ0v) is 14.8. The van der Waals surface area contributed by atoms with Gasteiger partial charge in [0.15, 0.2) is 17.4 Å². The topological polar surface area (TPSA) is 84.1 Å². The Bertz CT molecular complexity index is 911. The number of Topliss-reactive ketones (excluding diaryl/α,β-unsaturated/α-hetero) is 1. The van der Waals surface area contributed by atoms with Crippen molar-refractivity contribution in [3.8, 4) is 0 Å². The number of carbonyl (C=O) groups excluding carboxylic acids is 1. The lowest BCUT2D eigenvalue weighted by Gasteiger charge is -2.24. The Morgan fingerprint density at radius 2 is 1.88 bits per heavy atom. The molecule has 6 heteroatoms. The smallest absolute Gasteiger partial charge is 0.161 e. The molecule has 3 N–H and O–H groups in total. The lowest BCUT2D eigenvalue weighted by atomic mass is 10.1. The number of hydrogen-bond acceptors (Lipinski definition) is 6. The molecule has 0 bridgehead atoms. The average Bonchev–Trinajstić information content (AvgIpc) is 2.66. The monoisotopic (exact) mass is 347 g/mol. The van der Waals surface area contributed by atoms with Gasteiger partial charge in [-0.3, -0.25) is 4.79 Å². The summed E-state index contributed by atoms with van der Waals surface area (Å²) in [5, 5.41) is 3.18. The molecule has 3 aromatic rings. The second-order valence-corrected chi connectivity index (χ2v) is 5.80. The summed E-state index contributed by atoms with van der Waals surface area (Å²) in [5.41, 5.74) is 9.18. The van der Waals surface area contributed by atoms with Gasteiger partial charge in [0.05, 0.1) is 0 Å². The molecule has 0 aliphatic heterocycles. The van der Waals surface area contributed by atoms with Crippen LogP contribution in [0.1, 0.15) is 24.2 Å². The summed E-state index contributed by atoms with van der Waals surface area (Å²) in [4.78, 5) is 22.2. The van der Waals surface area contributed by atoms with E-state index in [9.17, 15) is 4.79 Å². The molecule has 1 heterocycles. The Balaban J connectivity index is 1.94. The largest absolute Gasteiger partial charge is 0.393 e. The van der Waals surface area contributed by atoms with Crippen LogP contribution in [0.5, 0.6) is 0 Å². The van der Waals surface area contributed by atoms with Crippen molar-refractivity contribution in [2.24, 2.45) is 0 Å². The van der Waals surface area contributed by atoms with Crippen LogP contribution in [0.4, 0.5) is 28.7 Å². The van der Waals surface area contributed by atoms with Crippen molar-refractivity contribution >= 4 is 34.5 Å². The molecule has 0 spiro atoms. The van der Waals surface area contributed by atoms with Crippen molar-refractivity contribution < 1.29 is 4.79 Å². The van der Waals surface area contributed by atoms with Crippen LogP contribution in [0.2, 0.25) is 0 Å². The summed E-state index contributed by atoms with van der Waals surface area (Å²) in [6.45, 7) is 4.29. The standard InChI is InChI=1S/C20H21N5O/c1-3-25(17-10-5-4-6-11-17)20-18(21)19(22-13-23-20)24-16-9-7-8-15(12-16)14(2)26/h4-13H,3,21H2,1-2H3,(H,22,23,24). The Labute approximate surface area is 152 Å². The van der Waals surface area contributed by atoms with Crippen LogP contribution >= 0.6 is 0 Å². The van der Waals surface area contributed by atoms with E-state index in [-0.39, 0.29) is 5.78 Å². The number of nitrogen functional groups attached to an aromatic ring is 1. The Kier molecular flexibility index (Phi) is 5.12. The molecule has 0 fully saturated rings. The summed E-state index contributed by atoms with van der Waals surface area (Å²) in [6, 6.07) is 17.2. The Hall–Kier alpha value is -3.41. The molecule has 132 valence electrons. The van der Waals surface area contributed by atoms with Gasteiger partial charge in [0.25, 0.3) is 0 Å². The number of nitrogens with zero attached hydrogens (tertiary/aromatic N) is 3. The molecule has 0 saturated heterocycles. The van der Waals surface area contributed by atoms with Crippen LogP contribution in [0.25, 0.3) is 0 Å². The van der Waals surface area contributed by atoms with Crippen LogP contribution < -0.4 is 16.0 Å². The van der Waals surface area contributed by atoms with E-state index in [2.05, 4.69) is 15.3 Å². The zero-order chi connectivity index (χ0) is 18.5. The van der Waals surface area contributed by atoms with E-state index in [0.29, 0.717) is 29.4 Å². The molecule has 0 aliphatic carbocycles. The number of ketones is 1. The number of benzene rings is 2. The Morgan fingerprint density at radius 3 is 2.58 bits per heavy atom. The summed E-state index contributed by atoms with van der Waals surface area (Å²) in [7, 11) is 0. The Morgan fingerprint density at radius 1 is 1.12 bits per heavy atom. The van der Waals surface area contributed by atoms with Crippen LogP contribution in [0, 0.1) is 0 Å². The highest BCUT2D eigenvalue weighted by molar-refractivity contribution is 5.95. The van der Waals surface area contributed by atoms with Gasteiger partial charge in [0.1, 0.15) is 12.0 Å². The van der Waals surface area contributed by atoms with Gasteiger partial charge in [-0.2, -0.15) is 0 Å². The minimum atomic E-state index is 0.00577. The third-order valence-corrected chi connectivity index (χ3v) is 4.03. The van der Waals surface area contributed by atoms with E-state index < -0.39 is 0 Å². The molecule has 0 amide bonds. The summed E-state index contributed by atoms with van der Waals surface area (Å²) in [6.07, 6.45) is 1.48. The lowest BCUT2D eigenvalue weighted by Crippen LogP contribution is -2.19. The summed E-state index contributed by atoms with van der Waals surface area (Å²) in [5.74, 6) is 1.15. The van der Waals surface area contributed by atoms with Crippen LogP contribution in [-0.2, 0) is 0 Å². The van der Waals surface area contributed by atoms with Gasteiger partial charge in [-0.05, 0) is 38.1 Å². The molecule has 0 radical (unpaired) electrons. The number of anilines is 5. The molecular weight excluding hydrogens is 326 g/mol. The second kappa shape index (κ2) is 7.65. The minimum Gasteiger partial charge on any atom is -0.393 e. The number of hydrogen-bond donors (Lipinski definition) is 2. The number of nitrogens with two attached hydrogens (primary N) is 1. The maximum absolute atomic E-state index is 11.6. The van der Waals surface area contributed by atoms with Gasteiger partial charge < -0.3 is 16.0 Å². The second-order valence-electron chi connectivity index (χ2n) is 5.80. The molecule has 0 saturated carbocycles. The van der Waals surface area contributed by atoms with Crippen LogP contribution in [-0.4, -0.2) is 22.3 Å². The number of rotatable bonds is 6. The van der Waals surface area contributed by atoms with Crippen molar-refractivity contribution in [3.63, 3.8) is 0 Å². The predicted molar refractivity (Wildman–Crippen MR) is 105 cm³/mol. The van der Waals surface area contributed by atoms with E-state index in [0.717, 1.165) is 11.4 Å². The predicted octanol–water partition coefficient (Wildman–Crippen LogP) is 4.16. The van der Waals surface area contributed by atoms with E-state index in [4.69, 9.17) is 5.73 Å². The highest BCUT2D eigenvalue weighted by Crippen LogP contribution is 2.32. The first-order chi connectivity index (χ1) is 12.6. The molecule has 6 nitrogen and oxygen atoms in total. The SMILES string of the molecule is CCN(c1ccccc1)c1ncnc(Nc2cccc(C(C)=O)c2)c1N. The third kappa shape index (κ3) is 3.64. The minimum absolute atomic E-state index is 0.00577. The fourth-order valence-electron chi connectivity index (χ4n) is 2.72. The molecule has 0 atom stereocenters. The molecule has 0 unspecified atom stereocenters. The first-order valence-electron chi connectivity index (χ1n) is 8.41. The van der Waals surface area contributed by atoms with E-state index in [1.807, 2.05) is 54.3 Å². The molecule has 0 aliphatic rings. The number of para-hydroxylation sites is 1. The van der Waals surface area contributed by atoms with E-state index in [1.54, 1.807) is 12.1 Å². The first kappa shape index (κ1) is 17.4. The van der Waals surface area contributed by atoms with Crippen LogP contribution in [0.15, 0.2) is 60.9 Å². The van der Waals surface area contributed by atoms with Crippen LogP contribution in [0.3, 0.4) is 0 Å². The van der Waals surface area contributed by atoms with E-state index in [1.165, 1.54) is 13.3 Å². The van der Waals surface area contributed by atoms with Gasteiger partial charge in [-0.25, -0.2) is 9.97 Å². The van der Waals surface area contributed by atoms with Crippen molar-refractivity contribution in [3.05, 3.63) is 66.5 Å². The quantitative estimate of drug-likeness (QED) is 0.651. The first-order valence-corrected chi connectivity index (χ1v) is 8.41.